The number of ether oxygens (including phenoxy) is 2. The molecule has 0 aliphatic heterocycles. The van der Waals surface area contributed by atoms with Gasteiger partial charge in [0.1, 0.15) is 12.4 Å². The van der Waals surface area contributed by atoms with Gasteiger partial charge < -0.3 is 23.6 Å². The first-order valence-corrected chi connectivity index (χ1v) is 8.72. The molecule has 0 aliphatic carbocycles. The van der Waals surface area contributed by atoms with Gasteiger partial charge in [-0.05, 0) is 37.1 Å². The number of aliphatic hydroxyl groups excluding tert-OH is 1. The van der Waals surface area contributed by atoms with Crippen LogP contribution in [0.1, 0.15) is 21.5 Å². The van der Waals surface area contributed by atoms with Gasteiger partial charge in [-0.3, -0.25) is 4.79 Å². The number of carbonyl (C=O) groups excluding carboxylic acids is 1. The highest BCUT2D eigenvalue weighted by Gasteiger charge is 2.18. The molecule has 0 unspecified atom stereocenters. The number of Topliss-reactive ketones (excluding diaryl/α,β-unsaturated/α-hetero) is 1. The fraction of sp³-hybridized carbons (Fsp3) is 0.562. The number of aliphatic hydroxyl groups is 1. The van der Waals surface area contributed by atoms with Crippen LogP contribution in [0, 0.1) is 13.8 Å². The van der Waals surface area contributed by atoms with Gasteiger partial charge >= 0.3 is 0 Å². The summed E-state index contributed by atoms with van der Waals surface area (Å²) >= 11 is 0. The van der Waals surface area contributed by atoms with E-state index in [9.17, 15) is 4.79 Å². The Kier molecular flexibility index (Phi) is 9.29. The summed E-state index contributed by atoms with van der Waals surface area (Å²) < 4.78 is 21.1. The van der Waals surface area contributed by atoms with Crippen LogP contribution in [0.15, 0.2) is 12.1 Å². The molecule has 0 aliphatic rings. The Hall–Kier alpha value is -1.04. The lowest BCUT2D eigenvalue weighted by atomic mass is 10.00. The van der Waals surface area contributed by atoms with Crippen molar-refractivity contribution in [3.63, 3.8) is 0 Å². The Morgan fingerprint density at radius 1 is 1.09 bits per heavy atom. The number of benzene rings is 1. The van der Waals surface area contributed by atoms with E-state index in [2.05, 4.69) is 0 Å². The smallest absolute Gasteiger partial charge is 0.178 e. The summed E-state index contributed by atoms with van der Waals surface area (Å²) in [7, 11) is 1.89. The molecule has 0 bridgehead atoms. The average molecular weight is 344 g/mol. The van der Waals surface area contributed by atoms with Gasteiger partial charge in [-0.1, -0.05) is 0 Å². The maximum Gasteiger partial charge on any atom is 0.178 e. The van der Waals surface area contributed by atoms with E-state index >= 15 is 0 Å². The van der Waals surface area contributed by atoms with Gasteiger partial charge in [0.15, 0.2) is 14.2 Å². The third-order valence-corrected chi connectivity index (χ3v) is 4.80. The van der Waals surface area contributed by atoms with Crippen molar-refractivity contribution in [1.29, 1.82) is 0 Å². The van der Waals surface area contributed by atoms with E-state index in [0.717, 1.165) is 16.9 Å². The molecule has 0 saturated carbocycles. The fourth-order valence-electron chi connectivity index (χ4n) is 2.04. The zero-order valence-electron chi connectivity index (χ0n) is 14.1. The third kappa shape index (κ3) is 6.16. The first kappa shape index (κ1) is 20.0. The number of hydrogen-bond acceptors (Lipinski definition) is 6. The van der Waals surface area contributed by atoms with Crippen LogP contribution in [0.2, 0.25) is 0 Å². The van der Waals surface area contributed by atoms with Crippen molar-refractivity contribution in [2.75, 3.05) is 46.8 Å². The van der Waals surface area contributed by atoms with Crippen molar-refractivity contribution < 1.29 is 28.4 Å². The van der Waals surface area contributed by atoms with Crippen LogP contribution in [0.4, 0.5) is 0 Å². The monoisotopic (exact) mass is 344 g/mol. The molecule has 0 amide bonds. The van der Waals surface area contributed by atoms with Gasteiger partial charge in [-0.15, -0.1) is 0 Å². The Morgan fingerprint density at radius 2 is 1.78 bits per heavy atom. The quantitative estimate of drug-likeness (QED) is 0.378. The largest absolute Gasteiger partial charge is 0.491 e. The minimum atomic E-state index is -1.18. The summed E-state index contributed by atoms with van der Waals surface area (Å²) in [6.07, 6.45) is 0.234. The molecule has 1 rings (SSSR count). The molecular formula is C16H25O6P. The van der Waals surface area contributed by atoms with E-state index in [1.807, 2.05) is 13.8 Å². The van der Waals surface area contributed by atoms with Crippen LogP contribution in [0.3, 0.4) is 0 Å². The molecule has 0 fully saturated rings. The predicted molar refractivity (Wildman–Crippen MR) is 89.5 cm³/mol. The lowest BCUT2D eigenvalue weighted by Gasteiger charge is -2.15. The number of ketones is 1. The first-order valence-electron chi connectivity index (χ1n) is 7.35. The van der Waals surface area contributed by atoms with Crippen molar-refractivity contribution in [3.8, 4) is 5.75 Å². The standard InChI is InChI=1S/C16H25O6P/c1-12-13(2)16(22-10-9-21-8-7-17)6-5-14(12)15(18)11-23(19-3)20-4/h5-6,17H,7-11H2,1-4H3. The molecule has 7 heteroatoms. The van der Waals surface area contributed by atoms with Crippen LogP contribution < -0.4 is 4.74 Å². The van der Waals surface area contributed by atoms with E-state index in [-0.39, 0.29) is 18.6 Å². The Balaban J connectivity index is 2.71. The third-order valence-electron chi connectivity index (χ3n) is 3.44. The minimum absolute atomic E-state index is 0.000430. The molecular weight excluding hydrogens is 319 g/mol. The van der Waals surface area contributed by atoms with Crippen molar-refractivity contribution in [2.45, 2.75) is 13.8 Å². The molecule has 0 aromatic heterocycles. The summed E-state index contributed by atoms with van der Waals surface area (Å²) in [5.74, 6) is 0.727. The summed E-state index contributed by atoms with van der Waals surface area (Å²) in [5, 5.41) is 8.63. The van der Waals surface area contributed by atoms with Crippen LogP contribution in [-0.2, 0) is 13.8 Å². The molecule has 0 atom stereocenters. The van der Waals surface area contributed by atoms with Crippen LogP contribution in [0.5, 0.6) is 5.75 Å². The van der Waals surface area contributed by atoms with Crippen molar-refractivity contribution in [1.82, 2.24) is 0 Å². The van der Waals surface area contributed by atoms with Gasteiger partial charge in [0.2, 0.25) is 0 Å². The van der Waals surface area contributed by atoms with Gasteiger partial charge in [0.05, 0.1) is 26.0 Å². The lowest BCUT2D eigenvalue weighted by molar-refractivity contribution is 0.0703. The summed E-state index contributed by atoms with van der Waals surface area (Å²) in [5.41, 5.74) is 2.48. The molecule has 23 heavy (non-hydrogen) atoms. The van der Waals surface area contributed by atoms with Crippen molar-refractivity contribution in [2.24, 2.45) is 0 Å². The highest BCUT2D eigenvalue weighted by molar-refractivity contribution is 7.48. The highest BCUT2D eigenvalue weighted by atomic mass is 31.2. The fourth-order valence-corrected chi connectivity index (χ4v) is 2.85. The summed E-state index contributed by atoms with van der Waals surface area (Å²) in [6, 6.07) is 3.57. The molecule has 0 spiro atoms. The predicted octanol–water partition coefficient (Wildman–Crippen LogP) is 2.48. The second kappa shape index (κ2) is 10.7. The average Bonchev–Trinajstić information content (AvgIpc) is 2.56. The van der Waals surface area contributed by atoms with E-state index in [1.165, 1.54) is 14.2 Å². The maximum atomic E-state index is 12.4. The van der Waals surface area contributed by atoms with E-state index in [1.54, 1.807) is 12.1 Å². The Labute approximate surface area is 138 Å². The van der Waals surface area contributed by atoms with Crippen LogP contribution >= 0.6 is 8.38 Å². The number of hydrogen-bond donors (Lipinski definition) is 1. The molecule has 1 N–H and O–H groups in total. The highest BCUT2D eigenvalue weighted by Crippen LogP contribution is 2.37. The Morgan fingerprint density at radius 3 is 2.39 bits per heavy atom. The van der Waals surface area contributed by atoms with Crippen molar-refractivity contribution in [3.05, 3.63) is 28.8 Å². The van der Waals surface area contributed by atoms with Crippen LogP contribution in [0.25, 0.3) is 0 Å². The second-order valence-corrected chi connectivity index (χ2v) is 6.54. The summed E-state index contributed by atoms with van der Waals surface area (Å²) in [4.78, 5) is 12.4. The topological polar surface area (TPSA) is 74.2 Å². The number of rotatable bonds is 11. The second-order valence-electron chi connectivity index (χ2n) is 4.82. The summed E-state index contributed by atoms with van der Waals surface area (Å²) in [6.45, 7) is 4.93. The van der Waals surface area contributed by atoms with Gasteiger partial charge in [0, 0.05) is 19.8 Å². The molecule has 0 saturated heterocycles. The number of carbonyl (C=O) groups is 1. The maximum absolute atomic E-state index is 12.4. The van der Waals surface area contributed by atoms with Crippen molar-refractivity contribution >= 4 is 14.2 Å². The zero-order chi connectivity index (χ0) is 17.2. The normalized spacial score (nSPS) is 11.0. The van der Waals surface area contributed by atoms with Gasteiger partial charge in [-0.2, -0.15) is 0 Å². The zero-order valence-corrected chi connectivity index (χ0v) is 15.0. The van der Waals surface area contributed by atoms with Gasteiger partial charge in [-0.25, -0.2) is 0 Å². The molecule has 130 valence electrons. The van der Waals surface area contributed by atoms with Gasteiger partial charge in [0.25, 0.3) is 0 Å². The van der Waals surface area contributed by atoms with E-state index < -0.39 is 8.38 Å². The molecule has 6 nitrogen and oxygen atoms in total. The van der Waals surface area contributed by atoms with Crippen LogP contribution in [-0.4, -0.2) is 57.7 Å². The minimum Gasteiger partial charge on any atom is -0.491 e. The van der Waals surface area contributed by atoms with E-state index in [4.69, 9.17) is 23.6 Å². The molecule has 0 radical (unpaired) electrons. The lowest BCUT2D eigenvalue weighted by Crippen LogP contribution is -2.12. The molecule has 1 aromatic carbocycles. The SMILES string of the molecule is COP(CC(=O)c1ccc(OCCOCCO)c(C)c1C)OC. The molecule has 1 aromatic rings. The molecule has 0 heterocycles. The van der Waals surface area contributed by atoms with E-state index in [0.29, 0.717) is 25.4 Å². The first-order chi connectivity index (χ1) is 11.0. The Bertz CT molecular complexity index is 502.